The van der Waals surface area contributed by atoms with Crippen molar-refractivity contribution in [1.82, 2.24) is 19.6 Å². The first-order chi connectivity index (χ1) is 7.70. The summed E-state index contributed by atoms with van der Waals surface area (Å²) in [5.74, 6) is 0.519. The van der Waals surface area contributed by atoms with Crippen LogP contribution in [-0.4, -0.2) is 39.1 Å². The lowest BCUT2D eigenvalue weighted by atomic mass is 10.2. The molecule has 0 N–H and O–H groups in total. The van der Waals surface area contributed by atoms with Crippen LogP contribution in [0.3, 0.4) is 0 Å². The molecule has 6 heteroatoms. The molecular formula is C10H12N4O2. The SMILES string of the molecule is COCC(=O)Cc1cc(C)nc2ncnn12. The summed E-state index contributed by atoms with van der Waals surface area (Å²) in [7, 11) is 1.50. The van der Waals surface area contributed by atoms with Crippen molar-refractivity contribution in [2.75, 3.05) is 13.7 Å². The Kier molecular flexibility index (Phi) is 2.91. The Balaban J connectivity index is 2.35. The summed E-state index contributed by atoms with van der Waals surface area (Å²) in [6, 6.07) is 1.83. The van der Waals surface area contributed by atoms with Crippen LogP contribution in [0.15, 0.2) is 12.4 Å². The van der Waals surface area contributed by atoms with Crippen molar-refractivity contribution < 1.29 is 9.53 Å². The first kappa shape index (κ1) is 10.7. The lowest BCUT2D eigenvalue weighted by Gasteiger charge is -2.04. The summed E-state index contributed by atoms with van der Waals surface area (Å²) in [4.78, 5) is 19.7. The standard InChI is InChI=1S/C10H12N4O2/c1-7-3-8(4-9(15)5-16-2)14-10(13-7)11-6-12-14/h3,6H,4-5H2,1-2H3. The number of methoxy groups -OCH3 is 1. The summed E-state index contributed by atoms with van der Waals surface area (Å²) < 4.78 is 6.36. The maximum absolute atomic E-state index is 11.5. The Labute approximate surface area is 92.3 Å². The number of aromatic nitrogens is 4. The number of Topliss-reactive ketones (excluding diaryl/α,β-unsaturated/α-hetero) is 1. The van der Waals surface area contributed by atoms with Crippen LogP contribution in [0.25, 0.3) is 5.78 Å². The fourth-order valence-electron chi connectivity index (χ4n) is 1.55. The van der Waals surface area contributed by atoms with Gasteiger partial charge in [-0.15, -0.1) is 0 Å². The fourth-order valence-corrected chi connectivity index (χ4v) is 1.55. The second kappa shape index (κ2) is 4.36. The number of ketones is 1. The topological polar surface area (TPSA) is 69.4 Å². The molecule has 0 amide bonds. The number of rotatable bonds is 4. The number of fused-ring (bicyclic) bond motifs is 1. The van der Waals surface area contributed by atoms with Gasteiger partial charge in [-0.2, -0.15) is 10.1 Å². The molecule has 0 spiro atoms. The van der Waals surface area contributed by atoms with Crippen LogP contribution in [0.1, 0.15) is 11.4 Å². The van der Waals surface area contributed by atoms with Gasteiger partial charge in [-0.25, -0.2) is 9.50 Å². The van der Waals surface area contributed by atoms with Gasteiger partial charge in [-0.1, -0.05) is 0 Å². The van der Waals surface area contributed by atoms with Gasteiger partial charge < -0.3 is 4.74 Å². The van der Waals surface area contributed by atoms with Crippen molar-refractivity contribution in [3.63, 3.8) is 0 Å². The number of carbonyl (C=O) groups is 1. The molecule has 0 fully saturated rings. The summed E-state index contributed by atoms with van der Waals surface area (Å²) in [6.07, 6.45) is 1.70. The van der Waals surface area contributed by atoms with Crippen molar-refractivity contribution in [3.05, 3.63) is 23.8 Å². The van der Waals surface area contributed by atoms with Crippen LogP contribution in [0.5, 0.6) is 0 Å². The Morgan fingerprint density at radius 1 is 1.56 bits per heavy atom. The minimum absolute atomic E-state index is 0.00454. The van der Waals surface area contributed by atoms with Crippen molar-refractivity contribution in [2.45, 2.75) is 13.3 Å². The molecule has 16 heavy (non-hydrogen) atoms. The Morgan fingerprint density at radius 3 is 3.12 bits per heavy atom. The van der Waals surface area contributed by atoms with E-state index in [9.17, 15) is 4.79 Å². The Bertz CT molecular complexity index is 521. The average Bonchev–Trinajstić information content (AvgIpc) is 2.65. The normalized spacial score (nSPS) is 10.9. The summed E-state index contributed by atoms with van der Waals surface area (Å²) in [5.41, 5.74) is 1.60. The van der Waals surface area contributed by atoms with Gasteiger partial charge in [0.25, 0.3) is 5.78 Å². The molecule has 6 nitrogen and oxygen atoms in total. The molecular weight excluding hydrogens is 208 g/mol. The molecule has 2 rings (SSSR count). The van der Waals surface area contributed by atoms with E-state index in [-0.39, 0.29) is 18.8 Å². The second-order valence-corrected chi connectivity index (χ2v) is 3.51. The van der Waals surface area contributed by atoms with Crippen molar-refractivity contribution in [1.29, 1.82) is 0 Å². The Morgan fingerprint density at radius 2 is 2.38 bits per heavy atom. The summed E-state index contributed by atoms with van der Waals surface area (Å²) >= 11 is 0. The molecule has 0 aliphatic carbocycles. The maximum atomic E-state index is 11.5. The van der Waals surface area contributed by atoms with E-state index in [0.29, 0.717) is 5.78 Å². The number of nitrogens with zero attached hydrogens (tertiary/aromatic N) is 4. The van der Waals surface area contributed by atoms with Gasteiger partial charge in [-0.05, 0) is 13.0 Å². The molecule has 0 aliphatic rings. The maximum Gasteiger partial charge on any atom is 0.252 e. The minimum Gasteiger partial charge on any atom is -0.377 e. The molecule has 84 valence electrons. The van der Waals surface area contributed by atoms with E-state index in [4.69, 9.17) is 4.74 Å². The molecule has 0 radical (unpaired) electrons. The monoisotopic (exact) mass is 220 g/mol. The van der Waals surface area contributed by atoms with E-state index in [0.717, 1.165) is 11.4 Å². The first-order valence-electron chi connectivity index (χ1n) is 4.87. The van der Waals surface area contributed by atoms with Gasteiger partial charge in [0.1, 0.15) is 12.9 Å². The predicted molar refractivity (Wildman–Crippen MR) is 56.1 cm³/mol. The van der Waals surface area contributed by atoms with Crippen LogP contribution in [-0.2, 0) is 16.0 Å². The van der Waals surface area contributed by atoms with Crippen molar-refractivity contribution in [3.8, 4) is 0 Å². The number of hydrogen-bond acceptors (Lipinski definition) is 5. The van der Waals surface area contributed by atoms with E-state index in [1.807, 2.05) is 13.0 Å². The predicted octanol–water partition coefficient (Wildman–Crippen LogP) is 0.191. The smallest absolute Gasteiger partial charge is 0.252 e. The van der Waals surface area contributed by atoms with Crippen molar-refractivity contribution in [2.24, 2.45) is 0 Å². The lowest BCUT2D eigenvalue weighted by Crippen LogP contribution is -2.13. The van der Waals surface area contributed by atoms with Crippen LogP contribution in [0.4, 0.5) is 0 Å². The molecule has 0 aliphatic heterocycles. The van der Waals surface area contributed by atoms with Crippen molar-refractivity contribution >= 4 is 11.6 Å². The average molecular weight is 220 g/mol. The molecule has 2 aromatic rings. The Hall–Kier alpha value is -1.82. The molecule has 0 unspecified atom stereocenters. The third-order valence-electron chi connectivity index (χ3n) is 2.14. The van der Waals surface area contributed by atoms with E-state index >= 15 is 0 Å². The van der Waals surface area contributed by atoms with E-state index in [1.165, 1.54) is 13.4 Å². The van der Waals surface area contributed by atoms with Crippen LogP contribution >= 0.6 is 0 Å². The highest BCUT2D eigenvalue weighted by Gasteiger charge is 2.09. The number of hydrogen-bond donors (Lipinski definition) is 0. The van der Waals surface area contributed by atoms with Gasteiger partial charge in [0.05, 0.1) is 12.1 Å². The van der Waals surface area contributed by atoms with Gasteiger partial charge in [0, 0.05) is 12.8 Å². The quantitative estimate of drug-likeness (QED) is 0.735. The molecule has 0 bridgehead atoms. The summed E-state index contributed by atoms with van der Waals surface area (Å²) in [5, 5.41) is 4.02. The number of aryl methyl sites for hydroxylation is 1. The third kappa shape index (κ3) is 2.06. The molecule has 0 aromatic carbocycles. The van der Waals surface area contributed by atoms with Gasteiger partial charge >= 0.3 is 0 Å². The van der Waals surface area contributed by atoms with Gasteiger partial charge in [0.2, 0.25) is 0 Å². The highest BCUT2D eigenvalue weighted by atomic mass is 16.5. The minimum atomic E-state index is 0.00454. The zero-order valence-corrected chi connectivity index (χ0v) is 9.17. The van der Waals surface area contributed by atoms with Crippen LogP contribution in [0.2, 0.25) is 0 Å². The van der Waals surface area contributed by atoms with Gasteiger partial charge in [0.15, 0.2) is 5.78 Å². The third-order valence-corrected chi connectivity index (χ3v) is 2.14. The van der Waals surface area contributed by atoms with Crippen LogP contribution in [0, 0.1) is 6.92 Å². The first-order valence-corrected chi connectivity index (χ1v) is 4.87. The van der Waals surface area contributed by atoms with E-state index in [2.05, 4.69) is 15.1 Å². The highest BCUT2D eigenvalue weighted by molar-refractivity contribution is 5.81. The van der Waals surface area contributed by atoms with E-state index < -0.39 is 0 Å². The summed E-state index contributed by atoms with van der Waals surface area (Å²) in [6.45, 7) is 1.97. The van der Waals surface area contributed by atoms with Crippen LogP contribution < -0.4 is 0 Å². The highest BCUT2D eigenvalue weighted by Crippen LogP contribution is 2.05. The number of carbonyl (C=O) groups excluding carboxylic acids is 1. The second-order valence-electron chi connectivity index (χ2n) is 3.51. The molecule has 0 saturated carbocycles. The molecule has 0 saturated heterocycles. The zero-order valence-electron chi connectivity index (χ0n) is 9.17. The molecule has 2 aromatic heterocycles. The van der Waals surface area contributed by atoms with Gasteiger partial charge in [-0.3, -0.25) is 4.79 Å². The van der Waals surface area contributed by atoms with E-state index in [1.54, 1.807) is 4.52 Å². The largest absolute Gasteiger partial charge is 0.377 e. The number of ether oxygens (including phenoxy) is 1. The zero-order chi connectivity index (χ0) is 11.5. The molecule has 0 atom stereocenters. The fraction of sp³-hybridized carbons (Fsp3) is 0.400. The molecule has 2 heterocycles. The lowest BCUT2D eigenvalue weighted by molar-refractivity contribution is -0.122.